The molecule has 0 spiro atoms. The van der Waals surface area contributed by atoms with E-state index in [9.17, 15) is 22.8 Å². The standard InChI is InChI=1S/C40H52N6O6S/c1-5-27-15-14-20-32-34(27)42-38(46(32)26(2)3)52-30-23-33-35(47)43-40(37(49)44-53(50,51)39(4)21-22-39)24-28(40)16-10-7-6-8-13-19-31(36(48)45(33)25-30)41-29-17-11-9-12-18-29/h9-12,14-18,20,26,28,30-31,33,41H,5-8,13,19,21-25H2,1-4H3,(H,43,47)(H,44,49)/b16-10-/t28-,30-,31+,33+,40-/m1/s1. The van der Waals surface area contributed by atoms with Gasteiger partial charge in [0.15, 0.2) is 0 Å². The first-order valence-electron chi connectivity index (χ1n) is 19.2. The summed E-state index contributed by atoms with van der Waals surface area (Å²) in [6, 6.07) is 14.6. The molecule has 2 aliphatic heterocycles. The number of ether oxygens (including phenoxy) is 1. The number of imidazole rings is 1. The highest BCUT2D eigenvalue weighted by molar-refractivity contribution is 7.91. The molecule has 0 unspecified atom stereocenters. The number of allylic oxidation sites excluding steroid dienone is 1. The number of carbonyl (C=O) groups excluding carboxylic acids is 3. The van der Waals surface area contributed by atoms with Gasteiger partial charge in [0.25, 0.3) is 11.9 Å². The normalized spacial score (nSPS) is 27.9. The SMILES string of the molecule is CCc1cccc2c1nc(O[C@@H]1C[C@H]3C(=O)N[C@]4(C(=O)NS(=O)(=O)C5(C)CC5)C[C@H]4/C=C\CCCCC[C@H](Nc4ccccc4)C(=O)N3C1)n2C(C)C. The molecule has 13 heteroatoms. The number of fused-ring (bicyclic) bond motifs is 3. The molecule has 53 heavy (non-hydrogen) atoms. The summed E-state index contributed by atoms with van der Waals surface area (Å²) in [5, 5.41) is 6.41. The maximum absolute atomic E-state index is 14.7. The number of carbonyl (C=O) groups is 3. The number of hydrogen-bond donors (Lipinski definition) is 3. The van der Waals surface area contributed by atoms with Gasteiger partial charge in [-0.15, -0.1) is 0 Å². The van der Waals surface area contributed by atoms with E-state index in [2.05, 4.69) is 42.2 Å². The highest BCUT2D eigenvalue weighted by Crippen LogP contribution is 2.47. The van der Waals surface area contributed by atoms with Gasteiger partial charge in [0.05, 0.1) is 22.3 Å². The number of nitrogens with one attached hydrogen (secondary N) is 3. The van der Waals surface area contributed by atoms with Crippen LogP contribution in [0.2, 0.25) is 0 Å². The highest BCUT2D eigenvalue weighted by Gasteiger charge is 2.63. The lowest BCUT2D eigenvalue weighted by Gasteiger charge is -2.30. The Morgan fingerprint density at radius 3 is 2.57 bits per heavy atom. The van der Waals surface area contributed by atoms with Gasteiger partial charge in [0.2, 0.25) is 21.8 Å². The van der Waals surface area contributed by atoms with Gasteiger partial charge >= 0.3 is 0 Å². The fourth-order valence-corrected chi connectivity index (χ4v) is 9.16. The number of sulfonamides is 1. The summed E-state index contributed by atoms with van der Waals surface area (Å²) < 4.78 is 36.4. The van der Waals surface area contributed by atoms with Crippen molar-refractivity contribution in [3.8, 4) is 6.01 Å². The quantitative estimate of drug-likeness (QED) is 0.247. The fourth-order valence-electron chi connectivity index (χ4n) is 7.85. The molecule has 0 radical (unpaired) electrons. The third kappa shape index (κ3) is 7.28. The minimum Gasteiger partial charge on any atom is -0.459 e. The summed E-state index contributed by atoms with van der Waals surface area (Å²) >= 11 is 0. The molecule has 4 aliphatic rings. The van der Waals surface area contributed by atoms with Gasteiger partial charge in [0, 0.05) is 24.1 Å². The van der Waals surface area contributed by atoms with Crippen LogP contribution in [0.4, 0.5) is 5.69 Å². The van der Waals surface area contributed by atoms with E-state index in [-0.39, 0.29) is 37.3 Å². The molecule has 2 aromatic carbocycles. The van der Waals surface area contributed by atoms with E-state index < -0.39 is 50.3 Å². The molecule has 1 saturated heterocycles. The molecule has 12 nitrogen and oxygen atoms in total. The Labute approximate surface area is 312 Å². The van der Waals surface area contributed by atoms with Crippen molar-refractivity contribution < 1.29 is 27.5 Å². The Kier molecular flexibility index (Phi) is 10.1. The van der Waals surface area contributed by atoms with Gasteiger partial charge in [-0.05, 0) is 89.5 Å². The second kappa shape index (κ2) is 14.4. The second-order valence-corrected chi connectivity index (χ2v) is 18.0. The molecule has 3 heterocycles. The first-order valence-corrected chi connectivity index (χ1v) is 20.7. The third-order valence-corrected chi connectivity index (χ3v) is 13.7. The zero-order valence-corrected chi connectivity index (χ0v) is 32.0. The molecule has 5 atom stereocenters. The Bertz CT molecular complexity index is 2010. The van der Waals surface area contributed by atoms with Gasteiger partial charge in [-0.1, -0.05) is 62.2 Å². The Morgan fingerprint density at radius 2 is 1.85 bits per heavy atom. The minimum atomic E-state index is -3.94. The number of benzene rings is 2. The molecule has 3 N–H and O–H groups in total. The largest absolute Gasteiger partial charge is 0.459 e. The number of aryl methyl sites for hydroxylation is 1. The van der Waals surface area contributed by atoms with Crippen LogP contribution in [-0.2, 0) is 30.8 Å². The zero-order chi connectivity index (χ0) is 37.5. The Morgan fingerprint density at radius 1 is 1.08 bits per heavy atom. The van der Waals surface area contributed by atoms with Crippen LogP contribution in [0.5, 0.6) is 6.01 Å². The smallest absolute Gasteiger partial charge is 0.297 e. The average molecular weight is 745 g/mol. The van der Waals surface area contributed by atoms with Crippen LogP contribution in [0, 0.1) is 5.92 Å². The predicted molar refractivity (Wildman–Crippen MR) is 204 cm³/mol. The van der Waals surface area contributed by atoms with Crippen molar-refractivity contribution in [2.75, 3.05) is 11.9 Å². The molecule has 2 aliphatic carbocycles. The van der Waals surface area contributed by atoms with Crippen molar-refractivity contribution in [1.82, 2.24) is 24.5 Å². The van der Waals surface area contributed by atoms with Crippen LogP contribution in [0.3, 0.4) is 0 Å². The van der Waals surface area contributed by atoms with E-state index in [4.69, 9.17) is 9.72 Å². The molecular formula is C40H52N6O6S. The molecule has 3 aromatic rings. The van der Waals surface area contributed by atoms with E-state index in [1.165, 1.54) is 0 Å². The molecule has 1 aromatic heterocycles. The van der Waals surface area contributed by atoms with Gasteiger partial charge in [-0.3, -0.25) is 23.7 Å². The number of anilines is 1. The van der Waals surface area contributed by atoms with Crippen molar-refractivity contribution in [3.05, 3.63) is 66.2 Å². The maximum atomic E-state index is 14.7. The van der Waals surface area contributed by atoms with Crippen molar-refractivity contribution in [2.24, 2.45) is 5.92 Å². The topological polar surface area (TPSA) is 152 Å². The first-order chi connectivity index (χ1) is 25.4. The van der Waals surface area contributed by atoms with Crippen LogP contribution >= 0.6 is 0 Å². The number of rotatable bonds is 9. The minimum absolute atomic E-state index is 0.0331. The molecule has 284 valence electrons. The first kappa shape index (κ1) is 36.9. The van der Waals surface area contributed by atoms with Crippen LogP contribution in [0.15, 0.2) is 60.7 Å². The van der Waals surface area contributed by atoms with Gasteiger partial charge in [0.1, 0.15) is 23.7 Å². The molecule has 0 bridgehead atoms. The molecular weight excluding hydrogens is 693 g/mol. The van der Waals surface area contributed by atoms with Crippen LogP contribution in [0.25, 0.3) is 11.0 Å². The van der Waals surface area contributed by atoms with Gasteiger partial charge < -0.3 is 20.3 Å². The number of aromatic nitrogens is 2. The van der Waals surface area contributed by atoms with Crippen molar-refractivity contribution in [1.29, 1.82) is 0 Å². The van der Waals surface area contributed by atoms with E-state index >= 15 is 0 Å². The summed E-state index contributed by atoms with van der Waals surface area (Å²) in [6.45, 7) is 7.98. The summed E-state index contributed by atoms with van der Waals surface area (Å²) in [5.41, 5.74) is 2.29. The van der Waals surface area contributed by atoms with Crippen molar-refractivity contribution in [2.45, 2.75) is 126 Å². The average Bonchev–Trinajstić information content (AvgIpc) is 3.95. The van der Waals surface area contributed by atoms with Crippen LogP contribution < -0.4 is 20.1 Å². The lowest BCUT2D eigenvalue weighted by atomic mass is 10.0. The lowest BCUT2D eigenvalue weighted by Crippen LogP contribution is -2.58. The summed E-state index contributed by atoms with van der Waals surface area (Å²) in [4.78, 5) is 49.6. The number of amides is 3. The van der Waals surface area contributed by atoms with Crippen LogP contribution in [-0.4, -0.2) is 75.6 Å². The predicted octanol–water partition coefficient (Wildman–Crippen LogP) is 5.40. The Balaban J connectivity index is 1.22. The number of para-hydroxylation sites is 2. The van der Waals surface area contributed by atoms with E-state index in [0.717, 1.165) is 54.4 Å². The summed E-state index contributed by atoms with van der Waals surface area (Å²) in [5.74, 6) is -1.84. The third-order valence-electron chi connectivity index (χ3n) is 11.5. The second-order valence-electron chi connectivity index (χ2n) is 15.8. The summed E-state index contributed by atoms with van der Waals surface area (Å²) in [6.07, 6.45) is 9.52. The molecule has 7 rings (SSSR count). The molecule has 2 saturated carbocycles. The zero-order valence-electron chi connectivity index (χ0n) is 31.1. The van der Waals surface area contributed by atoms with Crippen molar-refractivity contribution in [3.63, 3.8) is 0 Å². The van der Waals surface area contributed by atoms with E-state index in [1.54, 1.807) is 11.8 Å². The number of hydrogen-bond acceptors (Lipinski definition) is 8. The van der Waals surface area contributed by atoms with E-state index in [1.807, 2.05) is 59.2 Å². The van der Waals surface area contributed by atoms with Crippen LogP contribution in [0.1, 0.15) is 97.1 Å². The monoisotopic (exact) mass is 744 g/mol. The molecule has 3 fully saturated rings. The molecule has 3 amide bonds. The number of nitrogens with zero attached hydrogens (tertiary/aromatic N) is 3. The Hall–Kier alpha value is -4.39. The van der Waals surface area contributed by atoms with Crippen molar-refractivity contribution >= 4 is 44.5 Å². The fraction of sp³-hybridized carbons (Fsp3) is 0.550. The highest BCUT2D eigenvalue weighted by atomic mass is 32.2. The maximum Gasteiger partial charge on any atom is 0.297 e. The summed E-state index contributed by atoms with van der Waals surface area (Å²) in [7, 11) is -3.94. The lowest BCUT2D eigenvalue weighted by molar-refractivity contribution is -0.140. The van der Waals surface area contributed by atoms with Gasteiger partial charge in [-0.25, -0.2) is 8.42 Å². The van der Waals surface area contributed by atoms with E-state index in [0.29, 0.717) is 25.3 Å². The van der Waals surface area contributed by atoms with Gasteiger partial charge in [-0.2, -0.15) is 4.98 Å².